The average molecular weight is 457 g/mol. The van der Waals surface area contributed by atoms with Gasteiger partial charge in [-0.1, -0.05) is 39.0 Å². The number of carbonyl (C=O) groups excluding carboxylic acids is 2. The molecule has 6 nitrogen and oxygen atoms in total. The molecule has 2 aromatic carbocycles. The lowest BCUT2D eigenvalue weighted by molar-refractivity contribution is -0.141. The topological polar surface area (TPSA) is 67.9 Å². The van der Waals surface area contributed by atoms with Gasteiger partial charge in [-0.25, -0.2) is 4.39 Å². The third kappa shape index (κ3) is 5.90. The van der Waals surface area contributed by atoms with E-state index in [0.29, 0.717) is 37.4 Å². The summed E-state index contributed by atoms with van der Waals surface area (Å²) in [5.74, 6) is -0.0678. The highest BCUT2D eigenvalue weighted by Crippen LogP contribution is 2.39. The van der Waals surface area contributed by atoms with Gasteiger partial charge >= 0.3 is 0 Å². The smallest absolute Gasteiger partial charge is 0.260 e. The van der Waals surface area contributed by atoms with Crippen LogP contribution >= 0.6 is 0 Å². The zero-order valence-electron chi connectivity index (χ0n) is 20.0. The Labute approximate surface area is 195 Å². The van der Waals surface area contributed by atoms with Gasteiger partial charge in [0.25, 0.3) is 5.91 Å². The molecule has 0 bridgehead atoms. The molecule has 33 heavy (non-hydrogen) atoms. The molecule has 2 aromatic rings. The molecule has 0 aromatic heterocycles. The van der Waals surface area contributed by atoms with Crippen molar-refractivity contribution in [3.8, 4) is 5.75 Å². The number of fused-ring (bicyclic) bond motifs is 1. The van der Waals surface area contributed by atoms with Crippen LogP contribution in [0.3, 0.4) is 0 Å². The van der Waals surface area contributed by atoms with Gasteiger partial charge in [-0.3, -0.25) is 9.59 Å². The van der Waals surface area contributed by atoms with Crippen molar-refractivity contribution >= 4 is 11.8 Å². The molecule has 7 heteroatoms. The number of hydrogen-bond donors (Lipinski definition) is 1. The monoisotopic (exact) mass is 456 g/mol. The highest BCUT2D eigenvalue weighted by molar-refractivity contribution is 5.83. The summed E-state index contributed by atoms with van der Waals surface area (Å²) in [4.78, 5) is 27.4. The molecule has 1 aliphatic rings. The van der Waals surface area contributed by atoms with Gasteiger partial charge < -0.3 is 19.7 Å². The number of hydrogen-bond acceptors (Lipinski definition) is 4. The average Bonchev–Trinajstić information content (AvgIpc) is 2.77. The number of nitrogens with one attached hydrogen (secondary N) is 1. The zero-order chi connectivity index (χ0) is 24.2. The first-order valence-corrected chi connectivity index (χ1v) is 11.2. The largest absolute Gasteiger partial charge is 0.481 e. The highest BCUT2D eigenvalue weighted by atomic mass is 19.1. The first kappa shape index (κ1) is 24.7. The van der Waals surface area contributed by atoms with Crippen LogP contribution in [-0.4, -0.2) is 49.6 Å². The molecule has 0 aliphatic carbocycles. The second kappa shape index (κ2) is 10.3. The van der Waals surface area contributed by atoms with Crippen LogP contribution in [0.2, 0.25) is 0 Å². The van der Waals surface area contributed by atoms with Gasteiger partial charge in [0.15, 0.2) is 6.10 Å². The number of halogens is 1. The van der Waals surface area contributed by atoms with Crippen molar-refractivity contribution in [2.24, 2.45) is 5.41 Å². The van der Waals surface area contributed by atoms with E-state index in [9.17, 15) is 14.0 Å². The predicted octanol–water partition coefficient (Wildman–Crippen LogP) is 3.88. The van der Waals surface area contributed by atoms with E-state index in [0.717, 1.165) is 11.1 Å². The molecule has 0 saturated carbocycles. The maximum atomic E-state index is 14.1. The van der Waals surface area contributed by atoms with E-state index in [4.69, 9.17) is 9.47 Å². The maximum Gasteiger partial charge on any atom is 0.260 e. The van der Waals surface area contributed by atoms with Crippen LogP contribution in [0.4, 0.5) is 4.39 Å². The standard InChI is InChI=1S/C26H33FN2O4/c1-17(24(30)28-12-14-32-5)33-21-10-9-18-11-13-29(25(31)26(2,3)4)23(22(18)16-21)19-7-6-8-20(27)15-19/h6-10,15-17,23H,11-14H2,1-5H3,(H,28,30). The minimum absolute atomic E-state index is 0.000350. The summed E-state index contributed by atoms with van der Waals surface area (Å²) < 4.78 is 25.0. The van der Waals surface area contributed by atoms with Gasteiger partial charge in [0.05, 0.1) is 12.6 Å². The van der Waals surface area contributed by atoms with Gasteiger partial charge in [-0.15, -0.1) is 0 Å². The zero-order valence-corrected chi connectivity index (χ0v) is 20.0. The van der Waals surface area contributed by atoms with Crippen LogP contribution in [0.5, 0.6) is 5.75 Å². The highest BCUT2D eigenvalue weighted by Gasteiger charge is 2.37. The Kier molecular flexibility index (Phi) is 7.74. The predicted molar refractivity (Wildman–Crippen MR) is 125 cm³/mol. The fraction of sp³-hybridized carbons (Fsp3) is 0.462. The van der Waals surface area contributed by atoms with Gasteiger partial charge in [0.2, 0.25) is 5.91 Å². The Hall–Kier alpha value is -2.93. The molecule has 1 aliphatic heterocycles. The summed E-state index contributed by atoms with van der Waals surface area (Å²) in [7, 11) is 1.57. The lowest BCUT2D eigenvalue weighted by Crippen LogP contribution is -2.45. The SMILES string of the molecule is COCCNC(=O)C(C)Oc1ccc2c(c1)C(c1cccc(F)c1)N(C(=O)C(C)(C)C)CC2. The lowest BCUT2D eigenvalue weighted by Gasteiger charge is -2.41. The molecule has 0 radical (unpaired) electrons. The molecule has 3 rings (SSSR count). The second-order valence-corrected chi connectivity index (χ2v) is 9.36. The van der Waals surface area contributed by atoms with E-state index in [-0.39, 0.29) is 17.6 Å². The molecule has 2 amide bonds. The molecule has 0 fully saturated rings. The van der Waals surface area contributed by atoms with Crippen molar-refractivity contribution in [2.75, 3.05) is 26.8 Å². The van der Waals surface area contributed by atoms with Crippen molar-refractivity contribution in [1.29, 1.82) is 0 Å². The molecule has 2 unspecified atom stereocenters. The van der Waals surface area contributed by atoms with Gasteiger partial charge in [0, 0.05) is 25.6 Å². The van der Waals surface area contributed by atoms with Crippen LogP contribution in [0.1, 0.15) is 50.4 Å². The molecule has 0 saturated heterocycles. The fourth-order valence-corrected chi connectivity index (χ4v) is 4.03. The second-order valence-electron chi connectivity index (χ2n) is 9.36. The van der Waals surface area contributed by atoms with Crippen LogP contribution in [0.15, 0.2) is 42.5 Å². The Morgan fingerprint density at radius 1 is 1.21 bits per heavy atom. The van der Waals surface area contributed by atoms with E-state index in [1.165, 1.54) is 12.1 Å². The van der Waals surface area contributed by atoms with Crippen molar-refractivity contribution in [3.63, 3.8) is 0 Å². The number of methoxy groups -OCH3 is 1. The van der Waals surface area contributed by atoms with Gasteiger partial charge in [0.1, 0.15) is 11.6 Å². The number of rotatable bonds is 7. The molecular formula is C26H33FN2O4. The first-order chi connectivity index (χ1) is 15.6. The molecule has 1 heterocycles. The number of benzene rings is 2. The molecule has 1 N–H and O–H groups in total. The quantitative estimate of drug-likeness (QED) is 0.642. The molecule has 178 valence electrons. The summed E-state index contributed by atoms with van der Waals surface area (Å²) in [6, 6.07) is 11.6. The van der Waals surface area contributed by atoms with Crippen molar-refractivity contribution in [3.05, 3.63) is 65.0 Å². The fourth-order valence-electron chi connectivity index (χ4n) is 4.03. The van der Waals surface area contributed by atoms with Crippen LogP contribution in [-0.2, 0) is 20.7 Å². The summed E-state index contributed by atoms with van der Waals surface area (Å²) in [5, 5.41) is 2.76. The molecule has 2 atom stereocenters. The minimum Gasteiger partial charge on any atom is -0.481 e. The van der Waals surface area contributed by atoms with E-state index >= 15 is 0 Å². The normalized spacial score (nSPS) is 16.7. The van der Waals surface area contributed by atoms with E-state index in [2.05, 4.69) is 5.32 Å². The lowest BCUT2D eigenvalue weighted by atomic mass is 9.85. The molecule has 0 spiro atoms. The summed E-state index contributed by atoms with van der Waals surface area (Å²) >= 11 is 0. The summed E-state index contributed by atoms with van der Waals surface area (Å²) in [6.45, 7) is 8.71. The van der Waals surface area contributed by atoms with Crippen LogP contribution < -0.4 is 10.1 Å². The van der Waals surface area contributed by atoms with E-state index in [1.807, 2.05) is 49.9 Å². The summed E-state index contributed by atoms with van der Waals surface area (Å²) in [5.41, 5.74) is 2.09. The Balaban J connectivity index is 1.94. The maximum absolute atomic E-state index is 14.1. The van der Waals surface area contributed by atoms with Gasteiger partial charge in [-0.05, 0) is 54.3 Å². The number of carbonyl (C=O) groups is 2. The van der Waals surface area contributed by atoms with Crippen molar-refractivity contribution in [2.45, 2.75) is 46.3 Å². The number of amides is 2. The van der Waals surface area contributed by atoms with Crippen molar-refractivity contribution < 1.29 is 23.5 Å². The van der Waals surface area contributed by atoms with Crippen LogP contribution in [0.25, 0.3) is 0 Å². The van der Waals surface area contributed by atoms with Crippen molar-refractivity contribution in [1.82, 2.24) is 10.2 Å². The third-order valence-corrected chi connectivity index (χ3v) is 5.70. The van der Waals surface area contributed by atoms with Gasteiger partial charge in [-0.2, -0.15) is 0 Å². The number of nitrogens with zero attached hydrogens (tertiary/aromatic N) is 1. The summed E-state index contributed by atoms with van der Waals surface area (Å²) in [6.07, 6.45) is -0.0144. The number of ether oxygens (including phenoxy) is 2. The van der Waals surface area contributed by atoms with Crippen LogP contribution in [0, 0.1) is 11.2 Å². The minimum atomic E-state index is -0.705. The van der Waals surface area contributed by atoms with E-state index in [1.54, 1.807) is 20.1 Å². The Morgan fingerprint density at radius 2 is 1.97 bits per heavy atom. The Bertz CT molecular complexity index is 1000. The first-order valence-electron chi connectivity index (χ1n) is 11.2. The van der Waals surface area contributed by atoms with E-state index < -0.39 is 17.6 Å². The molecular weight excluding hydrogens is 423 g/mol. The third-order valence-electron chi connectivity index (χ3n) is 5.70. The Morgan fingerprint density at radius 3 is 2.64 bits per heavy atom.